The van der Waals surface area contributed by atoms with Gasteiger partial charge in [0.15, 0.2) is 0 Å². The Balaban J connectivity index is 1.44. The Kier molecular flexibility index (Phi) is 6.60. The van der Waals surface area contributed by atoms with Crippen molar-refractivity contribution in [1.82, 2.24) is 19.0 Å². The minimum Gasteiger partial charge on any atom is -0.340 e. The third kappa shape index (κ3) is 4.63. The molecule has 1 aromatic heterocycles. The molecule has 0 atom stereocenters. The molecule has 0 spiro atoms. The number of carbonyl (C=O) groups is 1. The Morgan fingerprint density at radius 2 is 1.62 bits per heavy atom. The molecule has 0 saturated carbocycles. The fraction of sp³-hybridized carbons (Fsp3) is 0.360. The van der Waals surface area contributed by atoms with Crippen molar-refractivity contribution in [2.45, 2.75) is 39.0 Å². The lowest BCUT2D eigenvalue weighted by Gasteiger charge is -2.34. The zero-order valence-electron chi connectivity index (χ0n) is 19.9. The van der Waals surface area contributed by atoms with Crippen LogP contribution in [0.2, 0.25) is 0 Å². The highest BCUT2D eigenvalue weighted by Gasteiger charge is 2.31. The summed E-state index contributed by atoms with van der Waals surface area (Å²) in [5, 5.41) is 4.54. The van der Waals surface area contributed by atoms with Crippen LogP contribution >= 0.6 is 0 Å². The van der Waals surface area contributed by atoms with Gasteiger partial charge >= 0.3 is 0 Å². The van der Waals surface area contributed by atoms with Crippen LogP contribution in [0.1, 0.15) is 28.1 Å². The maximum absolute atomic E-state index is 13.3. The maximum atomic E-state index is 13.3. The van der Waals surface area contributed by atoms with Gasteiger partial charge < -0.3 is 4.90 Å². The van der Waals surface area contributed by atoms with E-state index in [0.29, 0.717) is 23.5 Å². The van der Waals surface area contributed by atoms with E-state index in [1.807, 2.05) is 32.9 Å². The number of aromatic nitrogens is 2. The minimum absolute atomic E-state index is 0.0614. The number of amides is 1. The molecule has 2 heterocycles. The molecule has 0 radical (unpaired) electrons. The molecule has 4 rings (SSSR count). The number of piperazine rings is 1. The third-order valence-electron chi connectivity index (χ3n) is 6.39. The third-order valence-corrected chi connectivity index (χ3v) is 8.43. The lowest BCUT2D eigenvalue weighted by Crippen LogP contribution is -2.51. The molecule has 9 heteroatoms. The Hall–Kier alpha value is -3.04. The average molecular weight is 485 g/mol. The zero-order chi connectivity index (χ0) is 24.6. The molecule has 0 unspecified atom stereocenters. The van der Waals surface area contributed by atoms with Crippen LogP contribution in [0.3, 0.4) is 0 Å². The smallest absolute Gasteiger partial charge is 0.243 e. The van der Waals surface area contributed by atoms with Gasteiger partial charge in [0.2, 0.25) is 15.9 Å². The van der Waals surface area contributed by atoms with E-state index in [1.165, 1.54) is 16.4 Å². The first-order valence-electron chi connectivity index (χ1n) is 11.2. The molecule has 2 aromatic carbocycles. The van der Waals surface area contributed by atoms with Gasteiger partial charge in [0.25, 0.3) is 0 Å². The summed E-state index contributed by atoms with van der Waals surface area (Å²) < 4.78 is 42.8. The first-order chi connectivity index (χ1) is 16.1. The first-order valence-corrected chi connectivity index (χ1v) is 12.7. The van der Waals surface area contributed by atoms with E-state index in [0.717, 1.165) is 28.2 Å². The van der Waals surface area contributed by atoms with Crippen molar-refractivity contribution in [3.63, 3.8) is 0 Å². The van der Waals surface area contributed by atoms with Crippen molar-refractivity contribution in [1.29, 1.82) is 0 Å². The Morgan fingerprint density at radius 1 is 0.971 bits per heavy atom. The van der Waals surface area contributed by atoms with Crippen LogP contribution in [0.4, 0.5) is 4.39 Å². The molecule has 1 aliphatic heterocycles. The topological polar surface area (TPSA) is 75.5 Å². The Morgan fingerprint density at radius 3 is 2.26 bits per heavy atom. The molecule has 34 heavy (non-hydrogen) atoms. The molecule has 1 amide bonds. The second kappa shape index (κ2) is 9.31. The highest BCUT2D eigenvalue weighted by molar-refractivity contribution is 7.89. The van der Waals surface area contributed by atoms with Crippen LogP contribution in [0.5, 0.6) is 0 Å². The Labute approximate surface area is 199 Å². The Bertz CT molecular complexity index is 1320. The van der Waals surface area contributed by atoms with Gasteiger partial charge in [-0.05, 0) is 69.2 Å². The monoisotopic (exact) mass is 484 g/mol. The van der Waals surface area contributed by atoms with E-state index >= 15 is 0 Å². The summed E-state index contributed by atoms with van der Waals surface area (Å²) in [6.07, 6.45) is 0.183. The minimum atomic E-state index is -3.61. The molecule has 7 nitrogen and oxygen atoms in total. The molecule has 180 valence electrons. The normalized spacial score (nSPS) is 15.0. The van der Waals surface area contributed by atoms with Crippen LogP contribution in [0, 0.1) is 33.5 Å². The van der Waals surface area contributed by atoms with E-state index < -0.39 is 10.0 Å². The van der Waals surface area contributed by atoms with Crippen LogP contribution in [-0.2, 0) is 21.2 Å². The summed E-state index contributed by atoms with van der Waals surface area (Å²) in [4.78, 5) is 15.1. The molecule has 1 fully saturated rings. The number of hydrogen-bond donors (Lipinski definition) is 0. The number of benzene rings is 2. The molecule has 1 saturated heterocycles. The lowest BCUT2D eigenvalue weighted by atomic mass is 10.1. The van der Waals surface area contributed by atoms with Gasteiger partial charge in [-0.2, -0.15) is 9.40 Å². The quantitative estimate of drug-likeness (QED) is 0.557. The molecule has 0 aliphatic carbocycles. The number of carbonyl (C=O) groups excluding carboxylic acids is 1. The molecule has 0 N–H and O–H groups in total. The predicted octanol–water partition coefficient (Wildman–Crippen LogP) is 3.32. The summed E-state index contributed by atoms with van der Waals surface area (Å²) in [5.41, 5.74) is 4.74. The number of sulfonamides is 1. The predicted molar refractivity (Wildman–Crippen MR) is 128 cm³/mol. The van der Waals surface area contributed by atoms with Crippen molar-refractivity contribution >= 4 is 15.9 Å². The molecule has 1 aliphatic rings. The summed E-state index contributed by atoms with van der Waals surface area (Å²) in [6.45, 7) is 8.61. The van der Waals surface area contributed by atoms with Gasteiger partial charge in [-0.1, -0.05) is 12.1 Å². The summed E-state index contributed by atoms with van der Waals surface area (Å²) >= 11 is 0. The fourth-order valence-corrected chi connectivity index (χ4v) is 6.06. The van der Waals surface area contributed by atoms with Crippen molar-refractivity contribution in [3.05, 3.63) is 76.4 Å². The molecule has 0 bridgehead atoms. The highest BCUT2D eigenvalue weighted by Crippen LogP contribution is 2.24. The van der Waals surface area contributed by atoms with Gasteiger partial charge in [0.05, 0.1) is 22.7 Å². The van der Waals surface area contributed by atoms with Gasteiger partial charge in [0, 0.05) is 37.4 Å². The number of hydrogen-bond acceptors (Lipinski definition) is 4. The number of nitrogens with zero attached hydrogens (tertiary/aromatic N) is 4. The molecular weight excluding hydrogens is 455 g/mol. The second-order valence-corrected chi connectivity index (χ2v) is 10.7. The summed E-state index contributed by atoms with van der Waals surface area (Å²) in [6, 6.07) is 11.5. The van der Waals surface area contributed by atoms with E-state index in [1.54, 1.807) is 34.7 Å². The molecular formula is C25H29FN4O3S. The van der Waals surface area contributed by atoms with E-state index in [2.05, 4.69) is 5.10 Å². The van der Waals surface area contributed by atoms with Crippen LogP contribution in [0.15, 0.2) is 47.4 Å². The SMILES string of the molecule is Cc1ccc(C)c(S(=O)(=O)N2CCN(C(=O)Cc3c(C)nn(-c4ccc(F)cc4)c3C)CC2)c1. The van der Waals surface area contributed by atoms with Crippen molar-refractivity contribution in [3.8, 4) is 5.69 Å². The van der Waals surface area contributed by atoms with Crippen molar-refractivity contribution < 1.29 is 17.6 Å². The number of aryl methyl sites for hydroxylation is 3. The largest absolute Gasteiger partial charge is 0.340 e. The van der Waals surface area contributed by atoms with Gasteiger partial charge in [-0.3, -0.25) is 4.79 Å². The maximum Gasteiger partial charge on any atom is 0.243 e. The number of halogens is 1. The van der Waals surface area contributed by atoms with E-state index in [4.69, 9.17) is 0 Å². The standard InChI is InChI=1S/C25H29FN4O3S/c1-17-5-6-18(2)24(15-17)34(32,33)29-13-11-28(12-14-29)25(31)16-23-19(3)27-30(20(23)4)22-9-7-21(26)8-10-22/h5-10,15H,11-14,16H2,1-4H3. The van der Waals surface area contributed by atoms with E-state index in [-0.39, 0.29) is 31.2 Å². The number of rotatable bonds is 5. The van der Waals surface area contributed by atoms with Crippen LogP contribution < -0.4 is 0 Å². The van der Waals surface area contributed by atoms with Gasteiger partial charge in [-0.25, -0.2) is 17.5 Å². The van der Waals surface area contributed by atoms with Gasteiger partial charge in [-0.15, -0.1) is 0 Å². The second-order valence-electron chi connectivity index (χ2n) is 8.77. The van der Waals surface area contributed by atoms with Gasteiger partial charge in [0.1, 0.15) is 5.82 Å². The summed E-state index contributed by atoms with van der Waals surface area (Å²) in [7, 11) is -3.61. The fourth-order valence-electron chi connectivity index (χ4n) is 4.33. The zero-order valence-corrected chi connectivity index (χ0v) is 20.7. The highest BCUT2D eigenvalue weighted by atomic mass is 32.2. The summed E-state index contributed by atoms with van der Waals surface area (Å²) in [5.74, 6) is -0.381. The molecule has 3 aromatic rings. The lowest BCUT2D eigenvalue weighted by molar-refractivity contribution is -0.131. The average Bonchev–Trinajstić information content (AvgIpc) is 3.09. The van der Waals surface area contributed by atoms with Crippen molar-refractivity contribution in [2.75, 3.05) is 26.2 Å². The van der Waals surface area contributed by atoms with Crippen LogP contribution in [-0.4, -0.2) is 59.5 Å². The van der Waals surface area contributed by atoms with Crippen LogP contribution in [0.25, 0.3) is 5.69 Å². The van der Waals surface area contributed by atoms with E-state index in [9.17, 15) is 17.6 Å². The first kappa shape index (κ1) is 24.1. The van der Waals surface area contributed by atoms with Crippen molar-refractivity contribution in [2.24, 2.45) is 0 Å².